The van der Waals surface area contributed by atoms with Crippen LogP contribution in [0, 0.1) is 0 Å². The Hall–Kier alpha value is -2.69. The third-order valence-electron chi connectivity index (χ3n) is 4.40. The normalized spacial score (nSPS) is 11.1. The number of anilines is 3. The van der Waals surface area contributed by atoms with Crippen LogP contribution in [0.4, 0.5) is 16.0 Å². The molecule has 2 aromatic heterocycles. The number of amides is 1. The number of rotatable bonds is 8. The summed E-state index contributed by atoms with van der Waals surface area (Å²) < 4.78 is 6.91. The van der Waals surface area contributed by atoms with E-state index in [2.05, 4.69) is 51.8 Å². The van der Waals surface area contributed by atoms with E-state index >= 15 is 0 Å². The van der Waals surface area contributed by atoms with Crippen LogP contribution < -0.4 is 15.4 Å². The Kier molecular flexibility index (Phi) is 6.69. The lowest BCUT2D eigenvalue weighted by atomic mass is 10.0. The summed E-state index contributed by atoms with van der Waals surface area (Å²) in [7, 11) is 1.62. The average Bonchev–Trinajstić information content (AvgIpc) is 3.38. The number of nitrogens with zero attached hydrogens (tertiary/aromatic N) is 3. The summed E-state index contributed by atoms with van der Waals surface area (Å²) >= 11 is 4.18. The Bertz CT molecular complexity index is 1190. The Morgan fingerprint density at radius 1 is 1.10 bits per heavy atom. The molecular formula is C21H21N5O2S3. The van der Waals surface area contributed by atoms with Crippen molar-refractivity contribution in [2.24, 2.45) is 0 Å². The van der Waals surface area contributed by atoms with Crippen LogP contribution >= 0.6 is 34.4 Å². The van der Waals surface area contributed by atoms with Gasteiger partial charge in [-0.1, -0.05) is 60.4 Å². The van der Waals surface area contributed by atoms with Gasteiger partial charge in [-0.2, -0.15) is 0 Å². The summed E-state index contributed by atoms with van der Waals surface area (Å²) in [5, 5.41) is 15.7. The topological polar surface area (TPSA) is 89.0 Å². The van der Waals surface area contributed by atoms with Gasteiger partial charge in [0.25, 0.3) is 0 Å². The van der Waals surface area contributed by atoms with Crippen molar-refractivity contribution in [3.8, 4) is 5.75 Å². The average molecular weight is 472 g/mol. The molecule has 4 aromatic rings. The number of hydrogen-bond acceptors (Lipinski definition) is 9. The number of nitrogens with one attached hydrogen (secondary N) is 2. The van der Waals surface area contributed by atoms with Crippen molar-refractivity contribution in [3.63, 3.8) is 0 Å². The molecule has 0 spiro atoms. The fraction of sp³-hybridized carbons (Fsp3) is 0.238. The van der Waals surface area contributed by atoms with Crippen molar-refractivity contribution >= 4 is 66.5 Å². The smallest absolute Gasteiger partial charge is 0.236 e. The number of carbonyl (C=O) groups excluding carboxylic acids is 1. The molecule has 0 bridgehead atoms. The SMILES string of the molecule is COc1ccc2nc(NC(=O)CSc3nnc(Nc4ccc(C(C)C)cc4)s3)sc2c1. The second kappa shape index (κ2) is 9.63. The van der Waals surface area contributed by atoms with Crippen molar-refractivity contribution in [3.05, 3.63) is 48.0 Å². The van der Waals surface area contributed by atoms with Gasteiger partial charge in [0.1, 0.15) is 5.75 Å². The maximum atomic E-state index is 12.3. The molecule has 0 unspecified atom stereocenters. The van der Waals surface area contributed by atoms with Crippen LogP contribution in [0.15, 0.2) is 46.8 Å². The van der Waals surface area contributed by atoms with Crippen molar-refractivity contribution in [1.82, 2.24) is 15.2 Å². The Labute approximate surface area is 192 Å². The van der Waals surface area contributed by atoms with Crippen LogP contribution in [0.25, 0.3) is 10.2 Å². The molecule has 10 heteroatoms. The van der Waals surface area contributed by atoms with Crippen LogP contribution in [-0.4, -0.2) is 34.0 Å². The highest BCUT2D eigenvalue weighted by Crippen LogP contribution is 2.31. The maximum Gasteiger partial charge on any atom is 0.236 e. The fourth-order valence-corrected chi connectivity index (χ4v) is 5.24. The van der Waals surface area contributed by atoms with Gasteiger partial charge in [-0.15, -0.1) is 10.2 Å². The molecule has 0 fully saturated rings. The molecule has 0 saturated carbocycles. The molecule has 2 aromatic carbocycles. The highest BCUT2D eigenvalue weighted by molar-refractivity contribution is 8.01. The molecule has 7 nitrogen and oxygen atoms in total. The van der Waals surface area contributed by atoms with E-state index in [1.165, 1.54) is 40.0 Å². The minimum Gasteiger partial charge on any atom is -0.497 e. The second-order valence-electron chi connectivity index (χ2n) is 6.96. The third kappa shape index (κ3) is 5.52. The van der Waals surface area contributed by atoms with Gasteiger partial charge in [0, 0.05) is 5.69 Å². The standard InChI is InChI=1S/C21H21N5O2S3/c1-12(2)13-4-6-14(7-5-13)22-20-25-26-21(31-20)29-11-18(27)24-19-23-16-9-8-15(28-3)10-17(16)30-19/h4-10,12H,11H2,1-3H3,(H,22,25)(H,23,24,27). The molecule has 0 aliphatic heterocycles. The van der Waals surface area contributed by atoms with Gasteiger partial charge >= 0.3 is 0 Å². The van der Waals surface area contributed by atoms with Gasteiger partial charge in [0.2, 0.25) is 11.0 Å². The quantitative estimate of drug-likeness (QED) is 0.316. The molecule has 0 aliphatic carbocycles. The number of thioether (sulfide) groups is 1. The number of carbonyl (C=O) groups is 1. The first-order chi connectivity index (χ1) is 15.0. The number of methoxy groups -OCH3 is 1. The number of benzene rings is 2. The van der Waals surface area contributed by atoms with E-state index in [4.69, 9.17) is 4.74 Å². The molecule has 0 aliphatic rings. The van der Waals surface area contributed by atoms with Gasteiger partial charge in [0.05, 0.1) is 23.1 Å². The lowest BCUT2D eigenvalue weighted by molar-refractivity contribution is -0.113. The summed E-state index contributed by atoms with van der Waals surface area (Å²) in [6.45, 7) is 4.33. The molecule has 160 valence electrons. The predicted octanol–water partition coefficient (Wildman–Crippen LogP) is 5.75. The van der Waals surface area contributed by atoms with E-state index in [-0.39, 0.29) is 11.7 Å². The number of fused-ring (bicyclic) bond motifs is 1. The van der Waals surface area contributed by atoms with E-state index < -0.39 is 0 Å². The van der Waals surface area contributed by atoms with E-state index in [1.807, 2.05) is 30.3 Å². The van der Waals surface area contributed by atoms with Gasteiger partial charge in [-0.05, 0) is 41.8 Å². The summed E-state index contributed by atoms with van der Waals surface area (Å²) in [6, 6.07) is 13.9. The molecule has 31 heavy (non-hydrogen) atoms. The van der Waals surface area contributed by atoms with Gasteiger partial charge in [0.15, 0.2) is 9.47 Å². The molecule has 2 heterocycles. The number of thiazole rings is 1. The van der Waals surface area contributed by atoms with Crippen molar-refractivity contribution in [2.45, 2.75) is 24.1 Å². The second-order valence-corrected chi connectivity index (χ2v) is 10.2. The highest BCUT2D eigenvalue weighted by Gasteiger charge is 2.12. The van der Waals surface area contributed by atoms with Crippen LogP contribution in [0.1, 0.15) is 25.3 Å². The van der Waals surface area contributed by atoms with Gasteiger partial charge in [-0.25, -0.2) is 4.98 Å². The number of hydrogen-bond donors (Lipinski definition) is 2. The maximum absolute atomic E-state index is 12.3. The Morgan fingerprint density at radius 2 is 1.90 bits per heavy atom. The fourth-order valence-electron chi connectivity index (χ4n) is 2.76. The highest BCUT2D eigenvalue weighted by atomic mass is 32.2. The van der Waals surface area contributed by atoms with Crippen LogP contribution in [0.2, 0.25) is 0 Å². The summed E-state index contributed by atoms with van der Waals surface area (Å²) in [4.78, 5) is 16.8. The minimum atomic E-state index is -0.134. The van der Waals surface area contributed by atoms with E-state index in [0.717, 1.165) is 26.0 Å². The largest absolute Gasteiger partial charge is 0.497 e. The van der Waals surface area contributed by atoms with E-state index in [0.29, 0.717) is 16.2 Å². The lowest BCUT2D eigenvalue weighted by Crippen LogP contribution is -2.13. The molecule has 4 rings (SSSR count). The summed E-state index contributed by atoms with van der Waals surface area (Å²) in [6.07, 6.45) is 0. The number of ether oxygens (including phenoxy) is 1. The van der Waals surface area contributed by atoms with Crippen LogP contribution in [-0.2, 0) is 4.79 Å². The number of aromatic nitrogens is 3. The Balaban J connectivity index is 1.30. The van der Waals surface area contributed by atoms with Gasteiger partial charge < -0.3 is 15.4 Å². The van der Waals surface area contributed by atoms with Gasteiger partial charge in [-0.3, -0.25) is 4.79 Å². The van der Waals surface area contributed by atoms with E-state index in [9.17, 15) is 4.79 Å². The first kappa shape index (κ1) is 21.5. The third-order valence-corrected chi connectivity index (χ3v) is 7.31. The summed E-state index contributed by atoms with van der Waals surface area (Å²) in [5.41, 5.74) is 3.08. The molecule has 2 N–H and O–H groups in total. The molecule has 0 saturated heterocycles. The van der Waals surface area contributed by atoms with Crippen LogP contribution in [0.3, 0.4) is 0 Å². The van der Waals surface area contributed by atoms with Crippen LogP contribution in [0.5, 0.6) is 5.75 Å². The molecular weight excluding hydrogens is 450 g/mol. The van der Waals surface area contributed by atoms with Crippen molar-refractivity contribution < 1.29 is 9.53 Å². The zero-order valence-electron chi connectivity index (χ0n) is 17.2. The first-order valence-corrected chi connectivity index (χ1v) is 12.2. The molecule has 0 radical (unpaired) electrons. The first-order valence-electron chi connectivity index (χ1n) is 9.58. The zero-order valence-corrected chi connectivity index (χ0v) is 19.7. The predicted molar refractivity (Wildman–Crippen MR) is 129 cm³/mol. The monoisotopic (exact) mass is 471 g/mol. The molecule has 0 atom stereocenters. The summed E-state index contributed by atoms with van der Waals surface area (Å²) in [5.74, 6) is 1.36. The zero-order chi connectivity index (χ0) is 21.8. The minimum absolute atomic E-state index is 0.134. The lowest BCUT2D eigenvalue weighted by Gasteiger charge is -2.06. The van der Waals surface area contributed by atoms with Crippen molar-refractivity contribution in [1.29, 1.82) is 0 Å². The Morgan fingerprint density at radius 3 is 2.65 bits per heavy atom. The van der Waals surface area contributed by atoms with E-state index in [1.54, 1.807) is 7.11 Å². The molecule has 1 amide bonds. The van der Waals surface area contributed by atoms with Crippen molar-refractivity contribution in [2.75, 3.05) is 23.5 Å².